The van der Waals surface area contributed by atoms with Crippen LogP contribution in [0.1, 0.15) is 49.4 Å². The van der Waals surface area contributed by atoms with E-state index in [-0.39, 0.29) is 22.9 Å². The number of amides is 1. The van der Waals surface area contributed by atoms with E-state index in [1.165, 1.54) is 36.2 Å². The van der Waals surface area contributed by atoms with Crippen molar-refractivity contribution in [1.82, 2.24) is 9.66 Å². The third-order valence-electron chi connectivity index (χ3n) is 6.88. The molecule has 212 valence electrons. The molecule has 5 rings (SSSR count). The summed E-state index contributed by atoms with van der Waals surface area (Å²) in [6.07, 6.45) is 6.65. The first-order valence-electron chi connectivity index (χ1n) is 13.2. The fourth-order valence-corrected chi connectivity index (χ4v) is 5.72. The van der Waals surface area contributed by atoms with Crippen LogP contribution < -0.4 is 20.3 Å². The predicted octanol–water partition coefficient (Wildman–Crippen LogP) is 7.02. The molecule has 0 spiro atoms. The van der Waals surface area contributed by atoms with Crippen molar-refractivity contribution < 1.29 is 18.7 Å². The van der Waals surface area contributed by atoms with E-state index in [0.717, 1.165) is 36.6 Å². The van der Waals surface area contributed by atoms with Gasteiger partial charge in [-0.15, -0.1) is 0 Å². The van der Waals surface area contributed by atoms with E-state index < -0.39 is 18.3 Å². The number of carbonyl (C=O) groups excluding carboxylic acids is 1. The minimum absolute atomic E-state index is 0.0516. The van der Waals surface area contributed by atoms with Crippen LogP contribution in [0.25, 0.3) is 10.9 Å². The number of hydrogen-bond donors (Lipinski definition) is 1. The largest absolute Gasteiger partial charge is 0.493 e. The first-order chi connectivity index (χ1) is 19.8. The van der Waals surface area contributed by atoms with Gasteiger partial charge in [0.15, 0.2) is 18.1 Å². The van der Waals surface area contributed by atoms with E-state index in [2.05, 4.69) is 42.3 Å². The SMILES string of the molecule is COc1cc(Br)cc(C=Nn2c(C3CCCCC3)nc3ccc(Br)cc3c2=O)c1OCC(=O)Nc1ccccc1F. The van der Waals surface area contributed by atoms with E-state index >= 15 is 0 Å². The summed E-state index contributed by atoms with van der Waals surface area (Å²) in [5.74, 6) is 0.214. The van der Waals surface area contributed by atoms with Crippen molar-refractivity contribution >= 4 is 60.6 Å². The highest BCUT2D eigenvalue weighted by atomic mass is 79.9. The first kappa shape index (κ1) is 28.9. The number of anilines is 1. The molecule has 41 heavy (non-hydrogen) atoms. The Hall–Kier alpha value is -3.57. The number of rotatable bonds is 8. The molecule has 4 aromatic rings. The third-order valence-corrected chi connectivity index (χ3v) is 7.83. The quantitative estimate of drug-likeness (QED) is 0.201. The molecule has 1 aliphatic carbocycles. The number of hydrogen-bond acceptors (Lipinski definition) is 6. The van der Waals surface area contributed by atoms with Gasteiger partial charge in [-0.2, -0.15) is 9.78 Å². The summed E-state index contributed by atoms with van der Waals surface area (Å²) in [5, 5.41) is 7.56. The smallest absolute Gasteiger partial charge is 0.282 e. The summed E-state index contributed by atoms with van der Waals surface area (Å²) < 4.78 is 28.2. The minimum atomic E-state index is -0.553. The molecule has 1 fully saturated rings. The number of nitrogens with one attached hydrogen (secondary N) is 1. The highest BCUT2D eigenvalue weighted by Gasteiger charge is 2.23. The van der Waals surface area contributed by atoms with Crippen LogP contribution in [0.2, 0.25) is 0 Å². The minimum Gasteiger partial charge on any atom is -0.493 e. The maximum atomic E-state index is 14.0. The average Bonchev–Trinajstić information content (AvgIpc) is 2.97. The number of fused-ring (bicyclic) bond motifs is 1. The van der Waals surface area contributed by atoms with Gasteiger partial charge in [0.2, 0.25) is 0 Å². The second-order valence-electron chi connectivity index (χ2n) is 9.67. The van der Waals surface area contributed by atoms with Gasteiger partial charge in [-0.3, -0.25) is 9.59 Å². The van der Waals surface area contributed by atoms with E-state index in [4.69, 9.17) is 14.5 Å². The molecule has 8 nitrogen and oxygen atoms in total. The molecule has 0 saturated heterocycles. The number of halogens is 3. The number of benzene rings is 3. The molecule has 1 aromatic heterocycles. The first-order valence-corrected chi connectivity index (χ1v) is 14.7. The van der Waals surface area contributed by atoms with Crippen molar-refractivity contribution in [2.45, 2.75) is 38.0 Å². The average molecular weight is 686 g/mol. The van der Waals surface area contributed by atoms with E-state index in [1.54, 1.807) is 24.3 Å². The topological polar surface area (TPSA) is 94.8 Å². The van der Waals surface area contributed by atoms with Crippen molar-refractivity contribution in [3.8, 4) is 11.5 Å². The van der Waals surface area contributed by atoms with Gasteiger partial charge in [-0.05, 0) is 55.3 Å². The number of nitrogens with zero attached hydrogens (tertiary/aromatic N) is 3. The van der Waals surface area contributed by atoms with Crippen LogP contribution in [0.15, 0.2) is 73.4 Å². The van der Waals surface area contributed by atoms with Gasteiger partial charge in [0, 0.05) is 20.4 Å². The van der Waals surface area contributed by atoms with Gasteiger partial charge in [-0.25, -0.2) is 9.37 Å². The van der Waals surface area contributed by atoms with Gasteiger partial charge in [0.05, 0.1) is 29.9 Å². The van der Waals surface area contributed by atoms with Crippen molar-refractivity contribution in [3.63, 3.8) is 0 Å². The van der Waals surface area contributed by atoms with Crippen molar-refractivity contribution in [2.75, 3.05) is 19.0 Å². The molecule has 1 N–H and O–H groups in total. The third kappa shape index (κ3) is 6.68. The molecule has 0 atom stereocenters. The second kappa shape index (κ2) is 12.9. The molecule has 0 aliphatic heterocycles. The molecule has 0 bridgehead atoms. The zero-order valence-electron chi connectivity index (χ0n) is 22.2. The van der Waals surface area contributed by atoms with Crippen molar-refractivity contribution in [1.29, 1.82) is 0 Å². The van der Waals surface area contributed by atoms with E-state index in [9.17, 15) is 14.0 Å². The van der Waals surface area contributed by atoms with Gasteiger partial charge in [0.25, 0.3) is 11.5 Å². The Labute approximate surface area is 252 Å². The molecule has 1 heterocycles. The van der Waals surface area contributed by atoms with Gasteiger partial charge in [0.1, 0.15) is 11.6 Å². The lowest BCUT2D eigenvalue weighted by atomic mass is 9.88. The molecule has 1 saturated carbocycles. The summed E-state index contributed by atoms with van der Waals surface area (Å²) >= 11 is 6.92. The summed E-state index contributed by atoms with van der Waals surface area (Å²) in [6.45, 7) is -0.411. The highest BCUT2D eigenvalue weighted by molar-refractivity contribution is 9.10. The Bertz CT molecular complexity index is 1690. The Morgan fingerprint density at radius 2 is 1.90 bits per heavy atom. The summed E-state index contributed by atoms with van der Waals surface area (Å²) in [4.78, 5) is 31.1. The molecule has 3 aromatic carbocycles. The zero-order chi connectivity index (χ0) is 28.9. The Morgan fingerprint density at radius 3 is 2.66 bits per heavy atom. The molecule has 1 aliphatic rings. The van der Waals surface area contributed by atoms with Crippen LogP contribution >= 0.6 is 31.9 Å². The molecule has 0 radical (unpaired) electrons. The van der Waals surface area contributed by atoms with Crippen LogP contribution in [-0.2, 0) is 4.79 Å². The zero-order valence-corrected chi connectivity index (χ0v) is 25.4. The second-order valence-corrected chi connectivity index (χ2v) is 11.5. The number of para-hydroxylation sites is 1. The number of ether oxygens (including phenoxy) is 2. The monoisotopic (exact) mass is 684 g/mol. The highest BCUT2D eigenvalue weighted by Crippen LogP contribution is 2.35. The normalized spacial score (nSPS) is 14.0. The van der Waals surface area contributed by atoms with Gasteiger partial charge in [-0.1, -0.05) is 63.3 Å². The van der Waals surface area contributed by atoms with Crippen molar-refractivity contribution in [3.05, 3.63) is 91.1 Å². The van der Waals surface area contributed by atoms with Crippen LogP contribution in [0.5, 0.6) is 11.5 Å². The molecule has 1 amide bonds. The maximum Gasteiger partial charge on any atom is 0.282 e. The standard InChI is InChI=1S/C30H27Br2FN4O4/c1-40-26-15-21(32)13-19(28(26)41-17-27(38)35-25-10-6-5-9-23(25)33)16-34-37-29(18-7-3-2-4-8-18)36-24-12-11-20(31)14-22(24)30(37)39/h5-6,9-16,18H,2-4,7-8,17H2,1H3,(H,35,38). The molecular formula is C30H27Br2FN4O4. The van der Waals surface area contributed by atoms with Gasteiger partial charge < -0.3 is 14.8 Å². The van der Waals surface area contributed by atoms with Crippen LogP contribution in [0, 0.1) is 5.82 Å². The fraction of sp³-hybridized carbons (Fsp3) is 0.267. The summed E-state index contributed by atoms with van der Waals surface area (Å²) in [5.41, 5.74) is 0.863. The lowest BCUT2D eigenvalue weighted by Gasteiger charge is -2.23. The molecule has 11 heteroatoms. The lowest BCUT2D eigenvalue weighted by Crippen LogP contribution is -2.25. The predicted molar refractivity (Wildman–Crippen MR) is 164 cm³/mol. The Morgan fingerprint density at radius 1 is 1.12 bits per heavy atom. The summed E-state index contributed by atoms with van der Waals surface area (Å²) in [7, 11) is 1.48. The van der Waals surface area contributed by atoms with Crippen molar-refractivity contribution in [2.24, 2.45) is 5.10 Å². The van der Waals surface area contributed by atoms with E-state index in [1.807, 2.05) is 12.1 Å². The number of methoxy groups -OCH3 is 1. The summed E-state index contributed by atoms with van der Waals surface area (Å²) in [6, 6.07) is 14.8. The Balaban J connectivity index is 1.51. The van der Waals surface area contributed by atoms with Gasteiger partial charge >= 0.3 is 0 Å². The van der Waals surface area contributed by atoms with Crippen LogP contribution in [-0.4, -0.2) is 35.5 Å². The van der Waals surface area contributed by atoms with E-state index in [0.29, 0.717) is 32.5 Å². The van der Waals surface area contributed by atoms with Crippen LogP contribution in [0.3, 0.4) is 0 Å². The fourth-order valence-electron chi connectivity index (χ4n) is 4.90. The van der Waals surface area contributed by atoms with Crippen LogP contribution in [0.4, 0.5) is 10.1 Å². The molecular weight excluding hydrogens is 659 g/mol. The molecule has 0 unspecified atom stereocenters. The Kier molecular flexibility index (Phi) is 9.14. The number of aromatic nitrogens is 2. The lowest BCUT2D eigenvalue weighted by molar-refractivity contribution is -0.118. The maximum absolute atomic E-state index is 14.0. The number of carbonyl (C=O) groups is 1.